The number of benzene rings is 3. The molecule has 4 N–H and O–H groups in total. The van der Waals surface area contributed by atoms with Crippen LogP contribution in [0.15, 0.2) is 78.9 Å². The van der Waals surface area contributed by atoms with E-state index in [2.05, 4.69) is 10.6 Å². The predicted octanol–water partition coefficient (Wildman–Crippen LogP) is 3.12. The second-order valence-electron chi connectivity index (χ2n) is 6.78. The zero-order valence-electron chi connectivity index (χ0n) is 16.8. The lowest BCUT2D eigenvalue weighted by atomic mass is 10.1. The number of nitrogens with one attached hydrogen (secondary N) is 2. The van der Waals surface area contributed by atoms with E-state index < -0.39 is 5.91 Å². The van der Waals surface area contributed by atoms with Crippen LogP contribution in [0.1, 0.15) is 32.7 Å². The summed E-state index contributed by atoms with van der Waals surface area (Å²) in [7, 11) is 0. The maximum absolute atomic E-state index is 12.4. The fraction of sp³-hybridized carbons (Fsp3) is 0.125. The Morgan fingerprint density at radius 1 is 0.806 bits per heavy atom. The highest BCUT2D eigenvalue weighted by Crippen LogP contribution is 2.12. The third-order valence-corrected chi connectivity index (χ3v) is 4.47. The molecule has 0 fully saturated rings. The van der Waals surface area contributed by atoms with Gasteiger partial charge in [-0.3, -0.25) is 14.4 Å². The van der Waals surface area contributed by atoms with Crippen molar-refractivity contribution in [3.05, 3.63) is 95.6 Å². The lowest BCUT2D eigenvalue weighted by Gasteiger charge is -2.09. The molecule has 0 heterocycles. The second-order valence-corrected chi connectivity index (χ2v) is 6.78. The number of carbonyl (C=O) groups excluding carboxylic acids is 3. The fourth-order valence-electron chi connectivity index (χ4n) is 2.76. The zero-order chi connectivity index (χ0) is 22.1. The third-order valence-electron chi connectivity index (χ3n) is 4.47. The van der Waals surface area contributed by atoms with E-state index in [0.29, 0.717) is 30.0 Å². The quantitative estimate of drug-likeness (QED) is 0.497. The first-order chi connectivity index (χ1) is 15.0. The summed E-state index contributed by atoms with van der Waals surface area (Å²) in [6, 6.07) is 22.6. The number of amides is 3. The number of rotatable bonds is 9. The Morgan fingerprint density at radius 2 is 1.45 bits per heavy atom. The number of nitrogens with two attached hydrogens (primary N) is 1. The predicted molar refractivity (Wildman–Crippen MR) is 118 cm³/mol. The molecule has 7 heteroatoms. The normalized spacial score (nSPS) is 10.2. The molecule has 31 heavy (non-hydrogen) atoms. The average Bonchev–Trinajstić information content (AvgIpc) is 2.79. The Hall–Kier alpha value is -4.13. The molecule has 0 atom stereocenters. The van der Waals surface area contributed by atoms with Crippen LogP contribution in [0.4, 0.5) is 5.69 Å². The summed E-state index contributed by atoms with van der Waals surface area (Å²) in [5.74, 6) is -0.185. The molecule has 0 bridgehead atoms. The maximum Gasteiger partial charge on any atom is 0.255 e. The number of ether oxygens (including phenoxy) is 1. The van der Waals surface area contributed by atoms with Crippen molar-refractivity contribution in [2.75, 3.05) is 11.9 Å². The van der Waals surface area contributed by atoms with E-state index >= 15 is 0 Å². The molecule has 7 nitrogen and oxygen atoms in total. The minimum atomic E-state index is -0.524. The van der Waals surface area contributed by atoms with E-state index in [1.807, 2.05) is 30.3 Å². The summed E-state index contributed by atoms with van der Waals surface area (Å²) in [5.41, 5.74) is 7.49. The van der Waals surface area contributed by atoms with Crippen LogP contribution in [0, 0.1) is 0 Å². The summed E-state index contributed by atoms with van der Waals surface area (Å²) in [5, 5.41) is 5.59. The monoisotopic (exact) mass is 417 g/mol. The van der Waals surface area contributed by atoms with E-state index in [1.165, 1.54) is 0 Å². The Labute approximate surface area is 180 Å². The summed E-state index contributed by atoms with van der Waals surface area (Å²) >= 11 is 0. The van der Waals surface area contributed by atoms with Gasteiger partial charge in [-0.1, -0.05) is 30.3 Å². The largest absolute Gasteiger partial charge is 0.493 e. The van der Waals surface area contributed by atoms with Crippen LogP contribution in [0.3, 0.4) is 0 Å². The molecule has 3 aromatic carbocycles. The molecule has 0 aliphatic carbocycles. The summed E-state index contributed by atoms with van der Waals surface area (Å²) in [4.78, 5) is 35.4. The van der Waals surface area contributed by atoms with Crippen LogP contribution < -0.4 is 21.1 Å². The molecule has 0 saturated heterocycles. The van der Waals surface area contributed by atoms with Crippen LogP contribution in [0.25, 0.3) is 0 Å². The van der Waals surface area contributed by atoms with Gasteiger partial charge < -0.3 is 21.1 Å². The Bertz CT molecular complexity index is 1030. The van der Waals surface area contributed by atoms with Crippen molar-refractivity contribution in [2.24, 2.45) is 5.73 Å². The van der Waals surface area contributed by atoms with E-state index in [1.54, 1.807) is 48.5 Å². The van der Waals surface area contributed by atoms with Crippen LogP contribution in [0.5, 0.6) is 5.75 Å². The van der Waals surface area contributed by atoms with Gasteiger partial charge in [-0.15, -0.1) is 0 Å². The van der Waals surface area contributed by atoms with Gasteiger partial charge in [-0.05, 0) is 54.1 Å². The minimum absolute atomic E-state index is 0.114. The molecule has 3 amide bonds. The molecule has 3 rings (SSSR count). The van der Waals surface area contributed by atoms with Crippen LogP contribution in [0.2, 0.25) is 0 Å². The number of hydrogen-bond acceptors (Lipinski definition) is 4. The molecule has 0 unspecified atom stereocenters. The van der Waals surface area contributed by atoms with Crippen molar-refractivity contribution in [3.8, 4) is 5.75 Å². The van der Waals surface area contributed by atoms with Crippen molar-refractivity contribution >= 4 is 23.4 Å². The Kier molecular flexibility index (Phi) is 7.37. The SMILES string of the molecule is NC(=O)c1ccc(NC(=O)c2ccc(CNC(=O)CCOc3ccccc3)cc2)cc1. The van der Waals surface area contributed by atoms with Crippen molar-refractivity contribution in [1.82, 2.24) is 5.32 Å². The second kappa shape index (κ2) is 10.6. The van der Waals surface area contributed by atoms with Gasteiger partial charge in [0.2, 0.25) is 11.8 Å². The van der Waals surface area contributed by atoms with Gasteiger partial charge >= 0.3 is 0 Å². The smallest absolute Gasteiger partial charge is 0.255 e. The highest BCUT2D eigenvalue weighted by Gasteiger charge is 2.08. The molecule has 158 valence electrons. The van der Waals surface area contributed by atoms with Gasteiger partial charge in [0.05, 0.1) is 13.0 Å². The van der Waals surface area contributed by atoms with Crippen molar-refractivity contribution in [2.45, 2.75) is 13.0 Å². The van der Waals surface area contributed by atoms with Gasteiger partial charge in [0.15, 0.2) is 0 Å². The minimum Gasteiger partial charge on any atom is -0.493 e. The van der Waals surface area contributed by atoms with Crippen molar-refractivity contribution < 1.29 is 19.1 Å². The van der Waals surface area contributed by atoms with Gasteiger partial charge in [-0.2, -0.15) is 0 Å². The Morgan fingerprint density at radius 3 is 2.10 bits per heavy atom. The molecule has 3 aromatic rings. The molecular weight excluding hydrogens is 394 g/mol. The number of anilines is 1. The standard InChI is InChI=1S/C24H23N3O4/c25-23(29)18-10-12-20(13-11-18)27-24(30)19-8-6-17(7-9-19)16-26-22(28)14-15-31-21-4-2-1-3-5-21/h1-13H,14-16H2,(H2,25,29)(H,26,28)(H,27,30). The summed E-state index contributed by atoms with van der Waals surface area (Å²) in [6.45, 7) is 0.663. The maximum atomic E-state index is 12.4. The highest BCUT2D eigenvalue weighted by molar-refractivity contribution is 6.04. The molecule has 0 aromatic heterocycles. The van der Waals surface area contributed by atoms with Gasteiger partial charge in [0.1, 0.15) is 5.75 Å². The van der Waals surface area contributed by atoms with Gasteiger partial charge in [0, 0.05) is 23.4 Å². The lowest BCUT2D eigenvalue weighted by molar-refractivity contribution is -0.121. The van der Waals surface area contributed by atoms with E-state index in [-0.39, 0.29) is 18.2 Å². The third kappa shape index (κ3) is 6.71. The fourth-order valence-corrected chi connectivity index (χ4v) is 2.76. The van der Waals surface area contributed by atoms with E-state index in [4.69, 9.17) is 10.5 Å². The van der Waals surface area contributed by atoms with Crippen LogP contribution >= 0.6 is 0 Å². The summed E-state index contributed by atoms with van der Waals surface area (Å²) < 4.78 is 5.51. The molecule has 0 radical (unpaired) electrons. The molecule has 0 aliphatic rings. The molecular formula is C24H23N3O4. The topological polar surface area (TPSA) is 111 Å². The zero-order valence-corrected chi connectivity index (χ0v) is 16.8. The molecule has 0 aliphatic heterocycles. The number of primary amides is 1. The lowest BCUT2D eigenvalue weighted by Crippen LogP contribution is -2.24. The van der Waals surface area contributed by atoms with E-state index in [0.717, 1.165) is 11.3 Å². The van der Waals surface area contributed by atoms with Gasteiger partial charge in [-0.25, -0.2) is 0 Å². The molecule has 0 saturated carbocycles. The first kappa shape index (κ1) is 21.6. The van der Waals surface area contributed by atoms with Gasteiger partial charge in [0.25, 0.3) is 5.91 Å². The first-order valence-corrected chi connectivity index (χ1v) is 9.76. The molecule has 0 spiro atoms. The Balaban J connectivity index is 1.43. The summed E-state index contributed by atoms with van der Waals surface area (Å²) in [6.07, 6.45) is 0.254. The number of para-hydroxylation sites is 1. The van der Waals surface area contributed by atoms with E-state index in [9.17, 15) is 14.4 Å². The van der Waals surface area contributed by atoms with Crippen molar-refractivity contribution in [1.29, 1.82) is 0 Å². The highest BCUT2D eigenvalue weighted by atomic mass is 16.5. The average molecular weight is 417 g/mol. The first-order valence-electron chi connectivity index (χ1n) is 9.76. The number of carbonyl (C=O) groups is 3. The van der Waals surface area contributed by atoms with Crippen molar-refractivity contribution in [3.63, 3.8) is 0 Å². The number of hydrogen-bond donors (Lipinski definition) is 3. The van der Waals surface area contributed by atoms with Crippen LogP contribution in [-0.2, 0) is 11.3 Å². The van der Waals surface area contributed by atoms with Crippen LogP contribution in [-0.4, -0.2) is 24.3 Å².